The molecule has 10 atom stereocenters. The number of hydrogen-bond donors (Lipinski definition) is 5. The van der Waals surface area contributed by atoms with Crippen LogP contribution in [-0.4, -0.2) is 70.9 Å². The fraction of sp³-hybridized carbons (Fsp3) is 0.824. The van der Waals surface area contributed by atoms with Crippen LogP contribution in [0.3, 0.4) is 0 Å². The number of carbonyl (C=O) groups excluding carboxylic acids is 2. The first-order valence-electron chi connectivity index (χ1n) is 17.0. The molecule has 0 saturated heterocycles. The zero-order valence-corrected chi connectivity index (χ0v) is 26.7. The van der Waals surface area contributed by atoms with Crippen molar-refractivity contribution in [3.8, 4) is 0 Å². The highest BCUT2D eigenvalue weighted by atomic mass is 16.5. The lowest BCUT2D eigenvalue weighted by Crippen LogP contribution is -2.66. The number of allylic oxidation sites excluding steroid dienone is 4. The minimum Gasteiger partial charge on any atom is -0.461 e. The summed E-state index contributed by atoms with van der Waals surface area (Å²) in [5.74, 6) is 0.904. The SMILES string of the molecule is CCCOC(=O)C([NH3+])CC1CC(O)CCC1/C=C/C1CC(O)CC(/C=C/C2CCC(O)CC2CC([NH3+])C(=O)OCCC)C1. The molecule has 0 amide bonds. The summed E-state index contributed by atoms with van der Waals surface area (Å²) < 4.78 is 10.6. The molecule has 43 heavy (non-hydrogen) atoms. The lowest BCUT2D eigenvalue weighted by Gasteiger charge is -2.35. The molecule has 0 aromatic carbocycles. The third-order valence-corrected chi connectivity index (χ3v) is 9.78. The summed E-state index contributed by atoms with van der Waals surface area (Å²) in [7, 11) is 0. The van der Waals surface area contributed by atoms with E-state index >= 15 is 0 Å². The van der Waals surface area contributed by atoms with E-state index in [-0.39, 0.29) is 65.8 Å². The van der Waals surface area contributed by atoms with E-state index in [1.165, 1.54) is 0 Å². The van der Waals surface area contributed by atoms with Crippen LogP contribution in [0.1, 0.15) is 97.3 Å². The molecular formula is C34H60N2O7+2. The van der Waals surface area contributed by atoms with E-state index in [1.807, 2.05) is 13.8 Å². The zero-order chi connectivity index (χ0) is 31.4. The average molecular weight is 609 g/mol. The molecule has 3 aliphatic rings. The minimum atomic E-state index is -0.436. The lowest BCUT2D eigenvalue weighted by molar-refractivity contribution is -0.412. The fourth-order valence-corrected chi connectivity index (χ4v) is 7.43. The Labute approximate surface area is 258 Å². The maximum atomic E-state index is 12.3. The van der Waals surface area contributed by atoms with Crippen LogP contribution in [0.4, 0.5) is 0 Å². The number of aliphatic hydroxyl groups is 3. The third-order valence-electron chi connectivity index (χ3n) is 9.78. The summed E-state index contributed by atoms with van der Waals surface area (Å²) >= 11 is 0. The Bertz CT molecular complexity index is 841. The minimum absolute atomic E-state index is 0.176. The summed E-state index contributed by atoms with van der Waals surface area (Å²) in [6.45, 7) is 4.76. The van der Waals surface area contributed by atoms with Gasteiger partial charge in [0.1, 0.15) is 0 Å². The summed E-state index contributed by atoms with van der Waals surface area (Å²) in [6, 6.07) is -0.872. The van der Waals surface area contributed by atoms with E-state index in [0.29, 0.717) is 38.9 Å². The second-order valence-corrected chi connectivity index (χ2v) is 13.6. The third kappa shape index (κ3) is 11.9. The Morgan fingerprint density at radius 1 is 0.651 bits per heavy atom. The van der Waals surface area contributed by atoms with Crippen molar-refractivity contribution in [3.05, 3.63) is 24.3 Å². The first kappa shape index (κ1) is 35.7. The van der Waals surface area contributed by atoms with Crippen LogP contribution < -0.4 is 11.5 Å². The summed E-state index contributed by atoms with van der Waals surface area (Å²) in [4.78, 5) is 24.7. The number of carbonyl (C=O) groups is 2. The molecule has 0 aromatic heterocycles. The maximum Gasteiger partial charge on any atom is 0.364 e. The van der Waals surface area contributed by atoms with Crippen LogP contribution in [0.25, 0.3) is 0 Å². The van der Waals surface area contributed by atoms with Crippen molar-refractivity contribution >= 4 is 11.9 Å². The topological polar surface area (TPSA) is 169 Å². The van der Waals surface area contributed by atoms with Gasteiger partial charge in [0, 0.05) is 12.8 Å². The molecule has 0 radical (unpaired) electrons. The molecule has 0 aliphatic heterocycles. The van der Waals surface area contributed by atoms with Gasteiger partial charge in [-0.1, -0.05) is 38.2 Å². The summed E-state index contributed by atoms with van der Waals surface area (Å²) in [6.07, 6.45) is 17.9. The standard InChI is InChI=1S/C34H58N2O7/c1-3-13-42-33(40)31(35)20-26-18-28(37)11-9-24(26)7-5-22-15-23(17-30(39)16-22)6-8-25-10-12-29(38)19-27(25)21-32(36)34(41)43-14-4-2/h5-8,22-32,37-39H,3-4,9-21,35-36H2,1-2H3/p+2/b7-5+,8-6+. The summed E-state index contributed by atoms with van der Waals surface area (Å²) in [5, 5.41) is 31.4. The lowest BCUT2D eigenvalue weighted by atomic mass is 9.72. The molecule has 3 aliphatic carbocycles. The van der Waals surface area contributed by atoms with Gasteiger partial charge in [0.15, 0.2) is 12.1 Å². The summed E-state index contributed by atoms with van der Waals surface area (Å²) in [5.41, 5.74) is 8.11. The van der Waals surface area contributed by atoms with Gasteiger partial charge in [-0.05, 0) is 106 Å². The highest BCUT2D eigenvalue weighted by molar-refractivity contribution is 5.74. The van der Waals surface area contributed by atoms with Gasteiger partial charge in [0.2, 0.25) is 0 Å². The van der Waals surface area contributed by atoms with Crippen LogP contribution in [0.2, 0.25) is 0 Å². The molecule has 3 rings (SSSR count). The van der Waals surface area contributed by atoms with Crippen LogP contribution in [0.15, 0.2) is 24.3 Å². The Hall–Kier alpha value is -1.78. The van der Waals surface area contributed by atoms with Crippen molar-refractivity contribution in [2.45, 2.75) is 128 Å². The molecule has 246 valence electrons. The predicted octanol–water partition coefficient (Wildman–Crippen LogP) is 2.34. The van der Waals surface area contributed by atoms with E-state index in [4.69, 9.17) is 9.47 Å². The number of hydrogen-bond acceptors (Lipinski definition) is 7. The van der Waals surface area contributed by atoms with Gasteiger partial charge in [-0.25, -0.2) is 9.59 Å². The van der Waals surface area contributed by atoms with Crippen LogP contribution in [0, 0.1) is 35.5 Å². The molecule has 0 spiro atoms. The van der Waals surface area contributed by atoms with Crippen molar-refractivity contribution < 1.29 is 45.8 Å². The second-order valence-electron chi connectivity index (χ2n) is 13.6. The van der Waals surface area contributed by atoms with Crippen molar-refractivity contribution in [1.82, 2.24) is 0 Å². The van der Waals surface area contributed by atoms with Crippen LogP contribution >= 0.6 is 0 Å². The highest BCUT2D eigenvalue weighted by Gasteiger charge is 2.35. The van der Waals surface area contributed by atoms with Gasteiger partial charge >= 0.3 is 11.9 Å². The quantitative estimate of drug-likeness (QED) is 0.149. The Morgan fingerprint density at radius 3 is 1.47 bits per heavy atom. The fourth-order valence-electron chi connectivity index (χ4n) is 7.43. The first-order valence-corrected chi connectivity index (χ1v) is 17.0. The Balaban J connectivity index is 1.59. The molecule has 3 fully saturated rings. The molecule has 9 N–H and O–H groups in total. The van der Waals surface area contributed by atoms with Crippen molar-refractivity contribution in [1.29, 1.82) is 0 Å². The number of esters is 2. The van der Waals surface area contributed by atoms with E-state index in [2.05, 4.69) is 35.8 Å². The van der Waals surface area contributed by atoms with Gasteiger partial charge in [0.25, 0.3) is 0 Å². The molecule has 9 heteroatoms. The van der Waals surface area contributed by atoms with Crippen LogP contribution in [0.5, 0.6) is 0 Å². The Morgan fingerprint density at radius 2 is 1.07 bits per heavy atom. The molecule has 0 bridgehead atoms. The Kier molecular flexibility index (Phi) is 15.2. The molecule has 9 nitrogen and oxygen atoms in total. The molecule has 3 saturated carbocycles. The number of aliphatic hydroxyl groups excluding tert-OH is 3. The first-order chi connectivity index (χ1) is 20.6. The number of ether oxygens (including phenoxy) is 2. The zero-order valence-electron chi connectivity index (χ0n) is 26.7. The molecule has 0 aromatic rings. The van der Waals surface area contributed by atoms with E-state index in [1.54, 1.807) is 0 Å². The molecular weight excluding hydrogens is 548 g/mol. The predicted molar refractivity (Wildman–Crippen MR) is 164 cm³/mol. The van der Waals surface area contributed by atoms with Crippen LogP contribution in [-0.2, 0) is 19.1 Å². The van der Waals surface area contributed by atoms with Crippen molar-refractivity contribution in [2.75, 3.05) is 13.2 Å². The van der Waals surface area contributed by atoms with Crippen molar-refractivity contribution in [3.63, 3.8) is 0 Å². The van der Waals surface area contributed by atoms with Gasteiger partial charge in [-0.3, -0.25) is 0 Å². The largest absolute Gasteiger partial charge is 0.461 e. The monoisotopic (exact) mass is 608 g/mol. The number of rotatable bonds is 14. The van der Waals surface area contributed by atoms with Gasteiger partial charge in [-0.2, -0.15) is 0 Å². The van der Waals surface area contributed by atoms with E-state index in [9.17, 15) is 24.9 Å². The van der Waals surface area contributed by atoms with E-state index in [0.717, 1.165) is 57.8 Å². The molecule has 0 heterocycles. The second kappa shape index (κ2) is 18.3. The maximum absolute atomic E-state index is 12.3. The van der Waals surface area contributed by atoms with Crippen molar-refractivity contribution in [2.24, 2.45) is 35.5 Å². The average Bonchev–Trinajstić information content (AvgIpc) is 2.97. The normalized spacial score (nSPS) is 35.1. The highest BCUT2D eigenvalue weighted by Crippen LogP contribution is 2.38. The van der Waals surface area contributed by atoms with E-state index < -0.39 is 12.1 Å². The van der Waals surface area contributed by atoms with Gasteiger partial charge in [-0.15, -0.1) is 0 Å². The van der Waals surface area contributed by atoms with Gasteiger partial charge < -0.3 is 36.3 Å². The van der Waals surface area contributed by atoms with Gasteiger partial charge in [0.05, 0.1) is 31.5 Å². The molecule has 10 unspecified atom stereocenters. The smallest absolute Gasteiger partial charge is 0.364 e. The number of quaternary nitrogens is 2.